The van der Waals surface area contributed by atoms with Gasteiger partial charge in [-0.2, -0.15) is 0 Å². The Labute approximate surface area is 93.8 Å². The summed E-state index contributed by atoms with van der Waals surface area (Å²) in [7, 11) is 0. The molecular weight excluding hydrogens is 188 g/mol. The lowest BCUT2D eigenvalue weighted by molar-refractivity contribution is -0.120. The van der Waals surface area contributed by atoms with Crippen LogP contribution in [-0.2, 0) is 4.79 Å². The van der Waals surface area contributed by atoms with E-state index < -0.39 is 0 Å². The van der Waals surface area contributed by atoms with Crippen LogP contribution in [0.4, 0.5) is 0 Å². The topological polar surface area (TPSA) is 55.1 Å². The van der Waals surface area contributed by atoms with Gasteiger partial charge in [0, 0.05) is 19.5 Å². The first-order chi connectivity index (χ1) is 7.15. The van der Waals surface area contributed by atoms with Gasteiger partial charge in [-0.25, -0.2) is 0 Å². The molecule has 0 aromatic rings. The van der Waals surface area contributed by atoms with E-state index in [9.17, 15) is 4.79 Å². The molecule has 15 heavy (non-hydrogen) atoms. The number of hydrogen-bond acceptors (Lipinski definition) is 2. The van der Waals surface area contributed by atoms with Gasteiger partial charge in [0.25, 0.3) is 0 Å². The standard InChI is InChI=1S/C12H26N2O/c1-4-10(3)11(5-2)7-9-14-12(15)6-8-13/h10-11H,4-9,13H2,1-3H3,(H,14,15)/t10-,11?/m0/s1. The first kappa shape index (κ1) is 14.4. The summed E-state index contributed by atoms with van der Waals surface area (Å²) in [6.07, 6.45) is 3.94. The van der Waals surface area contributed by atoms with Gasteiger partial charge in [-0.15, -0.1) is 0 Å². The van der Waals surface area contributed by atoms with E-state index in [2.05, 4.69) is 26.1 Å². The van der Waals surface area contributed by atoms with E-state index >= 15 is 0 Å². The van der Waals surface area contributed by atoms with E-state index in [4.69, 9.17) is 5.73 Å². The van der Waals surface area contributed by atoms with Crippen molar-refractivity contribution in [2.75, 3.05) is 13.1 Å². The van der Waals surface area contributed by atoms with Crippen LogP contribution in [0.1, 0.15) is 46.5 Å². The molecule has 0 aliphatic rings. The predicted octanol–water partition coefficient (Wildman–Crippen LogP) is 1.91. The number of nitrogens with one attached hydrogen (secondary N) is 1. The number of rotatable bonds is 8. The molecule has 3 heteroatoms. The molecule has 0 aromatic carbocycles. The molecule has 0 saturated heterocycles. The lowest BCUT2D eigenvalue weighted by Gasteiger charge is -2.21. The van der Waals surface area contributed by atoms with Crippen LogP contribution < -0.4 is 11.1 Å². The largest absolute Gasteiger partial charge is 0.356 e. The van der Waals surface area contributed by atoms with Gasteiger partial charge >= 0.3 is 0 Å². The number of carbonyl (C=O) groups excluding carboxylic acids is 1. The van der Waals surface area contributed by atoms with Crippen molar-refractivity contribution in [3.8, 4) is 0 Å². The summed E-state index contributed by atoms with van der Waals surface area (Å²) in [4.78, 5) is 11.2. The Balaban J connectivity index is 3.67. The van der Waals surface area contributed by atoms with E-state index in [0.717, 1.165) is 24.8 Å². The van der Waals surface area contributed by atoms with Crippen LogP contribution in [0.3, 0.4) is 0 Å². The smallest absolute Gasteiger partial charge is 0.221 e. The molecule has 0 aliphatic heterocycles. The molecule has 1 unspecified atom stereocenters. The van der Waals surface area contributed by atoms with Crippen molar-refractivity contribution in [3.05, 3.63) is 0 Å². The molecular formula is C12H26N2O. The fourth-order valence-electron chi connectivity index (χ4n) is 1.84. The minimum Gasteiger partial charge on any atom is -0.356 e. The number of nitrogens with two attached hydrogens (primary N) is 1. The fourth-order valence-corrected chi connectivity index (χ4v) is 1.84. The molecule has 90 valence electrons. The first-order valence-electron chi connectivity index (χ1n) is 6.12. The van der Waals surface area contributed by atoms with Gasteiger partial charge in [-0.1, -0.05) is 33.6 Å². The quantitative estimate of drug-likeness (QED) is 0.648. The van der Waals surface area contributed by atoms with Crippen molar-refractivity contribution in [1.29, 1.82) is 0 Å². The SMILES string of the molecule is CCC(CCNC(=O)CCN)[C@@H](C)CC. The van der Waals surface area contributed by atoms with Crippen LogP contribution in [0.5, 0.6) is 0 Å². The van der Waals surface area contributed by atoms with Crippen LogP contribution >= 0.6 is 0 Å². The molecule has 3 N–H and O–H groups in total. The summed E-state index contributed by atoms with van der Waals surface area (Å²) in [5.74, 6) is 1.56. The minimum absolute atomic E-state index is 0.0801. The molecule has 0 radical (unpaired) electrons. The van der Waals surface area contributed by atoms with Gasteiger partial charge in [0.2, 0.25) is 5.91 Å². The highest BCUT2D eigenvalue weighted by Crippen LogP contribution is 2.21. The third-order valence-electron chi connectivity index (χ3n) is 3.18. The summed E-state index contributed by atoms with van der Waals surface area (Å²) in [6, 6.07) is 0. The highest BCUT2D eigenvalue weighted by atomic mass is 16.1. The minimum atomic E-state index is 0.0801. The van der Waals surface area contributed by atoms with Crippen molar-refractivity contribution in [2.24, 2.45) is 17.6 Å². The van der Waals surface area contributed by atoms with Gasteiger partial charge in [-0.05, 0) is 18.3 Å². The van der Waals surface area contributed by atoms with Crippen LogP contribution in [-0.4, -0.2) is 19.0 Å². The second-order valence-electron chi connectivity index (χ2n) is 4.23. The zero-order valence-electron chi connectivity index (χ0n) is 10.4. The molecule has 0 heterocycles. The van der Waals surface area contributed by atoms with Gasteiger partial charge in [0.15, 0.2) is 0 Å². The second-order valence-corrected chi connectivity index (χ2v) is 4.23. The van der Waals surface area contributed by atoms with Crippen LogP contribution in [0.15, 0.2) is 0 Å². The average Bonchev–Trinajstić information content (AvgIpc) is 2.24. The average molecular weight is 214 g/mol. The number of carbonyl (C=O) groups is 1. The maximum absolute atomic E-state index is 11.2. The highest BCUT2D eigenvalue weighted by Gasteiger charge is 2.13. The van der Waals surface area contributed by atoms with Gasteiger partial charge in [0.1, 0.15) is 0 Å². The zero-order chi connectivity index (χ0) is 11.7. The van der Waals surface area contributed by atoms with Crippen molar-refractivity contribution in [1.82, 2.24) is 5.32 Å². The van der Waals surface area contributed by atoms with Crippen LogP contribution in [0, 0.1) is 11.8 Å². The molecule has 3 nitrogen and oxygen atoms in total. The fraction of sp³-hybridized carbons (Fsp3) is 0.917. The number of hydrogen-bond donors (Lipinski definition) is 2. The third-order valence-corrected chi connectivity index (χ3v) is 3.18. The molecule has 0 aliphatic carbocycles. The Hall–Kier alpha value is -0.570. The third kappa shape index (κ3) is 6.50. The zero-order valence-corrected chi connectivity index (χ0v) is 10.4. The lowest BCUT2D eigenvalue weighted by Crippen LogP contribution is -2.28. The maximum atomic E-state index is 11.2. The molecule has 2 atom stereocenters. The maximum Gasteiger partial charge on any atom is 0.221 e. The van der Waals surface area contributed by atoms with Gasteiger partial charge in [0.05, 0.1) is 0 Å². The van der Waals surface area contributed by atoms with Gasteiger partial charge < -0.3 is 11.1 Å². The Morgan fingerprint density at radius 2 is 2.00 bits per heavy atom. The van der Waals surface area contributed by atoms with Crippen LogP contribution in [0.25, 0.3) is 0 Å². The predicted molar refractivity (Wildman–Crippen MR) is 64.5 cm³/mol. The Morgan fingerprint density at radius 1 is 1.33 bits per heavy atom. The van der Waals surface area contributed by atoms with E-state index in [1.807, 2.05) is 0 Å². The Bertz CT molecular complexity index is 171. The molecule has 0 saturated carbocycles. The number of amides is 1. The normalized spacial score (nSPS) is 14.7. The summed E-state index contributed by atoms with van der Waals surface area (Å²) in [6.45, 7) is 7.96. The van der Waals surface area contributed by atoms with E-state index in [-0.39, 0.29) is 5.91 Å². The van der Waals surface area contributed by atoms with Crippen molar-refractivity contribution in [2.45, 2.75) is 46.5 Å². The molecule has 0 fully saturated rings. The Kier molecular flexibility index (Phi) is 8.38. The summed E-state index contributed by atoms with van der Waals surface area (Å²) in [5.41, 5.74) is 5.30. The van der Waals surface area contributed by atoms with Crippen molar-refractivity contribution in [3.63, 3.8) is 0 Å². The van der Waals surface area contributed by atoms with Gasteiger partial charge in [-0.3, -0.25) is 4.79 Å². The first-order valence-corrected chi connectivity index (χ1v) is 6.12. The molecule has 0 spiro atoms. The van der Waals surface area contributed by atoms with E-state index in [0.29, 0.717) is 13.0 Å². The molecule has 0 bridgehead atoms. The molecule has 0 aromatic heterocycles. The van der Waals surface area contributed by atoms with Crippen molar-refractivity contribution < 1.29 is 4.79 Å². The van der Waals surface area contributed by atoms with E-state index in [1.54, 1.807) is 0 Å². The van der Waals surface area contributed by atoms with Crippen molar-refractivity contribution >= 4 is 5.91 Å². The molecule has 0 rings (SSSR count). The molecule has 1 amide bonds. The van der Waals surface area contributed by atoms with E-state index in [1.165, 1.54) is 12.8 Å². The lowest BCUT2D eigenvalue weighted by atomic mass is 9.87. The summed E-state index contributed by atoms with van der Waals surface area (Å²) >= 11 is 0. The summed E-state index contributed by atoms with van der Waals surface area (Å²) < 4.78 is 0. The monoisotopic (exact) mass is 214 g/mol. The Morgan fingerprint density at radius 3 is 2.47 bits per heavy atom. The van der Waals surface area contributed by atoms with Crippen LogP contribution in [0.2, 0.25) is 0 Å². The summed E-state index contributed by atoms with van der Waals surface area (Å²) in [5, 5.41) is 2.91. The highest BCUT2D eigenvalue weighted by molar-refractivity contribution is 5.75. The second kappa shape index (κ2) is 8.72.